The van der Waals surface area contributed by atoms with Crippen LogP contribution in [-0.4, -0.2) is 16.3 Å². The number of aryl methyl sites for hydroxylation is 2. The zero-order chi connectivity index (χ0) is 13.1. The van der Waals surface area contributed by atoms with Crippen LogP contribution in [0.2, 0.25) is 5.02 Å². The molecule has 0 aliphatic heterocycles. The Kier molecular flexibility index (Phi) is 4.43. The lowest BCUT2D eigenvalue weighted by Gasteiger charge is -2.17. The molecule has 2 aromatic rings. The first kappa shape index (κ1) is 13.6. The molecule has 2 rings (SSSR count). The number of nitrogens with one attached hydrogen (secondary N) is 1. The van der Waals surface area contributed by atoms with Gasteiger partial charge in [-0.3, -0.25) is 4.68 Å². The topological polar surface area (TPSA) is 29.9 Å². The molecule has 98 valence electrons. The van der Waals surface area contributed by atoms with Crippen molar-refractivity contribution in [3.63, 3.8) is 0 Å². The number of thiophene rings is 1. The van der Waals surface area contributed by atoms with Crippen LogP contribution in [0.4, 0.5) is 0 Å². The highest BCUT2D eigenvalue weighted by Crippen LogP contribution is 2.30. The van der Waals surface area contributed by atoms with Gasteiger partial charge in [-0.15, -0.1) is 11.3 Å². The van der Waals surface area contributed by atoms with E-state index in [4.69, 9.17) is 11.6 Å². The minimum atomic E-state index is 0.261. The average molecular weight is 284 g/mol. The summed E-state index contributed by atoms with van der Waals surface area (Å²) < 4.78 is 1.95. The summed E-state index contributed by atoms with van der Waals surface area (Å²) in [6.45, 7) is 5.06. The van der Waals surface area contributed by atoms with Crippen LogP contribution in [0.25, 0.3) is 0 Å². The van der Waals surface area contributed by atoms with Crippen LogP contribution in [0, 0.1) is 6.92 Å². The number of nitrogens with zero attached hydrogens (tertiary/aromatic N) is 2. The number of aromatic nitrogens is 2. The van der Waals surface area contributed by atoms with Gasteiger partial charge in [0.15, 0.2) is 0 Å². The van der Waals surface area contributed by atoms with E-state index >= 15 is 0 Å². The van der Waals surface area contributed by atoms with Gasteiger partial charge in [0.05, 0.1) is 10.7 Å². The lowest BCUT2D eigenvalue weighted by Crippen LogP contribution is -2.23. The predicted molar refractivity (Wildman–Crippen MR) is 77.4 cm³/mol. The fraction of sp³-hybridized carbons (Fsp3) is 0.462. The highest BCUT2D eigenvalue weighted by Gasteiger charge is 2.17. The molecule has 0 spiro atoms. The summed E-state index contributed by atoms with van der Waals surface area (Å²) in [5.41, 5.74) is 2.28. The summed E-state index contributed by atoms with van der Waals surface area (Å²) in [5.74, 6) is 0. The van der Waals surface area contributed by atoms with E-state index in [0.717, 1.165) is 23.7 Å². The van der Waals surface area contributed by atoms with E-state index in [9.17, 15) is 0 Å². The van der Waals surface area contributed by atoms with Gasteiger partial charge in [0.25, 0.3) is 0 Å². The van der Waals surface area contributed by atoms with E-state index in [1.54, 1.807) is 11.3 Å². The van der Waals surface area contributed by atoms with Crippen molar-refractivity contribution in [2.75, 3.05) is 6.54 Å². The molecule has 1 atom stereocenters. The van der Waals surface area contributed by atoms with Gasteiger partial charge in [-0.2, -0.15) is 5.10 Å². The van der Waals surface area contributed by atoms with Gasteiger partial charge < -0.3 is 5.32 Å². The maximum absolute atomic E-state index is 6.23. The van der Waals surface area contributed by atoms with Crippen LogP contribution in [-0.2, 0) is 13.5 Å². The van der Waals surface area contributed by atoms with Crippen molar-refractivity contribution in [1.29, 1.82) is 0 Å². The molecule has 0 aliphatic carbocycles. The normalized spacial score (nSPS) is 12.9. The molecule has 18 heavy (non-hydrogen) atoms. The van der Waals surface area contributed by atoms with Crippen LogP contribution in [0.15, 0.2) is 17.5 Å². The van der Waals surface area contributed by atoms with Crippen LogP contribution in [0.3, 0.4) is 0 Å². The van der Waals surface area contributed by atoms with Gasteiger partial charge in [0, 0.05) is 30.1 Å². The van der Waals surface area contributed by atoms with E-state index in [0.29, 0.717) is 0 Å². The summed E-state index contributed by atoms with van der Waals surface area (Å²) in [7, 11) is 1.99. The van der Waals surface area contributed by atoms with Crippen molar-refractivity contribution in [2.45, 2.75) is 26.3 Å². The molecule has 1 unspecified atom stereocenters. The van der Waals surface area contributed by atoms with Crippen molar-refractivity contribution < 1.29 is 0 Å². The van der Waals surface area contributed by atoms with Crippen LogP contribution >= 0.6 is 22.9 Å². The smallest absolute Gasteiger partial charge is 0.0596 e. The Morgan fingerprint density at radius 3 is 2.83 bits per heavy atom. The molecule has 0 saturated heterocycles. The Hall–Kier alpha value is -0.840. The zero-order valence-electron chi connectivity index (χ0n) is 10.9. The fourth-order valence-corrected chi connectivity index (χ4v) is 3.39. The molecule has 5 heteroatoms. The summed E-state index contributed by atoms with van der Waals surface area (Å²) >= 11 is 7.93. The summed E-state index contributed by atoms with van der Waals surface area (Å²) in [6.07, 6.45) is 0.908. The van der Waals surface area contributed by atoms with Crippen molar-refractivity contribution >= 4 is 22.9 Å². The number of rotatable bonds is 5. The van der Waals surface area contributed by atoms with E-state index in [1.807, 2.05) is 30.1 Å². The second-order valence-corrected chi connectivity index (χ2v) is 5.70. The quantitative estimate of drug-likeness (QED) is 0.912. The Morgan fingerprint density at radius 2 is 2.33 bits per heavy atom. The summed E-state index contributed by atoms with van der Waals surface area (Å²) in [5, 5.41) is 10.8. The molecule has 0 saturated carbocycles. The molecular weight excluding hydrogens is 266 g/mol. The Bertz CT molecular complexity index is 518. The number of hydrogen-bond donors (Lipinski definition) is 1. The van der Waals surface area contributed by atoms with Gasteiger partial charge >= 0.3 is 0 Å². The first-order chi connectivity index (χ1) is 8.61. The second kappa shape index (κ2) is 5.87. The predicted octanol–water partition coefficient (Wildman–Crippen LogP) is 3.34. The van der Waals surface area contributed by atoms with Gasteiger partial charge in [0.1, 0.15) is 0 Å². The van der Waals surface area contributed by atoms with Crippen LogP contribution in [0.1, 0.15) is 29.2 Å². The van der Waals surface area contributed by atoms with E-state index < -0.39 is 0 Å². The molecule has 2 aromatic heterocycles. The van der Waals surface area contributed by atoms with Gasteiger partial charge in [-0.1, -0.05) is 18.5 Å². The zero-order valence-corrected chi connectivity index (χ0v) is 12.5. The third-order valence-corrected chi connectivity index (χ3v) is 4.40. The minimum Gasteiger partial charge on any atom is -0.309 e. The molecule has 0 aliphatic rings. The maximum atomic E-state index is 6.23. The molecule has 2 heterocycles. The minimum absolute atomic E-state index is 0.261. The second-order valence-electron chi connectivity index (χ2n) is 4.35. The van der Waals surface area contributed by atoms with E-state index in [-0.39, 0.29) is 6.04 Å². The first-order valence-electron chi connectivity index (χ1n) is 6.07. The monoisotopic (exact) mass is 283 g/mol. The Morgan fingerprint density at radius 1 is 1.56 bits per heavy atom. The third-order valence-electron chi connectivity index (χ3n) is 2.92. The lowest BCUT2D eigenvalue weighted by molar-refractivity contribution is 0.536. The SMILES string of the molecule is CCNC(Cc1cc(C)nn1C)c1sccc1Cl. The molecule has 0 aromatic carbocycles. The van der Waals surface area contributed by atoms with E-state index in [1.165, 1.54) is 10.6 Å². The Labute approximate surface area is 117 Å². The van der Waals surface area contributed by atoms with Crippen molar-refractivity contribution in [1.82, 2.24) is 15.1 Å². The molecular formula is C13H18ClN3S. The lowest BCUT2D eigenvalue weighted by atomic mass is 10.1. The molecule has 3 nitrogen and oxygen atoms in total. The molecule has 0 amide bonds. The van der Waals surface area contributed by atoms with Gasteiger partial charge in [-0.25, -0.2) is 0 Å². The standard InChI is InChI=1S/C13H18ClN3S/c1-4-15-12(13-11(14)5-6-18-13)8-10-7-9(2)16-17(10)3/h5-7,12,15H,4,8H2,1-3H3. The van der Waals surface area contributed by atoms with Crippen molar-refractivity contribution in [3.05, 3.63) is 38.8 Å². The number of likely N-dealkylation sites (N-methyl/N-ethyl adjacent to an activating group) is 1. The summed E-state index contributed by atoms with van der Waals surface area (Å²) in [4.78, 5) is 1.21. The Balaban J connectivity index is 2.22. The van der Waals surface area contributed by atoms with Crippen LogP contribution < -0.4 is 5.32 Å². The van der Waals surface area contributed by atoms with Crippen molar-refractivity contribution in [2.24, 2.45) is 7.05 Å². The highest BCUT2D eigenvalue weighted by atomic mass is 35.5. The molecule has 1 N–H and O–H groups in total. The van der Waals surface area contributed by atoms with Crippen molar-refractivity contribution in [3.8, 4) is 0 Å². The van der Waals surface area contributed by atoms with Gasteiger partial charge in [0.2, 0.25) is 0 Å². The summed E-state index contributed by atoms with van der Waals surface area (Å²) in [6, 6.07) is 4.35. The maximum Gasteiger partial charge on any atom is 0.0596 e. The van der Waals surface area contributed by atoms with Gasteiger partial charge in [-0.05, 0) is 31.0 Å². The number of hydrogen-bond acceptors (Lipinski definition) is 3. The molecule has 0 fully saturated rings. The fourth-order valence-electron chi connectivity index (χ4n) is 2.12. The third kappa shape index (κ3) is 2.94. The average Bonchev–Trinajstić information content (AvgIpc) is 2.85. The van der Waals surface area contributed by atoms with Crippen LogP contribution in [0.5, 0.6) is 0 Å². The van der Waals surface area contributed by atoms with E-state index in [2.05, 4.69) is 23.4 Å². The largest absolute Gasteiger partial charge is 0.309 e. The molecule has 0 bridgehead atoms. The molecule has 0 radical (unpaired) electrons. The highest BCUT2D eigenvalue weighted by molar-refractivity contribution is 7.10. The first-order valence-corrected chi connectivity index (χ1v) is 7.33. The number of halogens is 1.